The largest absolute Gasteiger partial charge is 0.485 e. The van der Waals surface area contributed by atoms with Crippen molar-refractivity contribution in [2.75, 3.05) is 7.11 Å². The maximum atomic E-state index is 4.97. The van der Waals surface area contributed by atoms with Crippen molar-refractivity contribution in [2.45, 2.75) is 6.92 Å². The number of nitrogens with zero attached hydrogens (tertiary/aromatic N) is 1. The number of aryl methyl sites for hydroxylation is 1. The van der Waals surface area contributed by atoms with Crippen LogP contribution in [0.2, 0.25) is 0 Å². The Kier molecular flexibility index (Phi) is 2.08. The van der Waals surface area contributed by atoms with Gasteiger partial charge in [-0.3, -0.25) is 0 Å². The summed E-state index contributed by atoms with van der Waals surface area (Å²) in [5.41, 5.74) is 0. The first-order valence-corrected chi connectivity index (χ1v) is 4.02. The third-order valence-corrected chi connectivity index (χ3v) is 2.58. The molecule has 0 aliphatic heterocycles. The monoisotopic (exact) mass is 207 g/mol. The lowest BCUT2D eigenvalue weighted by atomic mass is 10.8. The van der Waals surface area contributed by atoms with E-state index >= 15 is 0 Å². The van der Waals surface area contributed by atoms with Crippen LogP contribution in [0.15, 0.2) is 4.60 Å². The zero-order valence-corrected chi connectivity index (χ0v) is 7.54. The van der Waals surface area contributed by atoms with Crippen molar-refractivity contribution >= 4 is 27.3 Å². The number of thiazole rings is 1. The molecule has 0 saturated heterocycles. The van der Waals surface area contributed by atoms with E-state index < -0.39 is 0 Å². The lowest BCUT2D eigenvalue weighted by Gasteiger charge is -1.89. The molecule has 0 unspecified atom stereocenters. The van der Waals surface area contributed by atoms with Gasteiger partial charge in [0, 0.05) is 0 Å². The molecule has 0 spiro atoms. The van der Waals surface area contributed by atoms with Gasteiger partial charge in [0.2, 0.25) is 5.06 Å². The van der Waals surface area contributed by atoms with Gasteiger partial charge >= 0.3 is 0 Å². The minimum atomic E-state index is 0.799. The molecule has 50 valence electrons. The molecule has 0 N–H and O–H groups in total. The van der Waals surface area contributed by atoms with Crippen LogP contribution in [-0.2, 0) is 0 Å². The second kappa shape index (κ2) is 2.66. The molecule has 0 fully saturated rings. The number of ether oxygens (including phenoxy) is 1. The lowest BCUT2D eigenvalue weighted by Crippen LogP contribution is -1.76. The van der Waals surface area contributed by atoms with Crippen LogP contribution in [0.5, 0.6) is 5.06 Å². The summed E-state index contributed by atoms with van der Waals surface area (Å²) in [4.78, 5) is 4.09. The Balaban J connectivity index is 3.01. The molecule has 0 atom stereocenters. The van der Waals surface area contributed by atoms with E-state index in [1.807, 2.05) is 6.92 Å². The normalized spacial score (nSPS) is 9.67. The van der Waals surface area contributed by atoms with Crippen LogP contribution >= 0.6 is 27.3 Å². The summed E-state index contributed by atoms with van der Waals surface area (Å²) in [6, 6.07) is 0. The first kappa shape index (κ1) is 7.02. The fourth-order valence-corrected chi connectivity index (χ4v) is 1.92. The Hall–Kier alpha value is -0.0900. The molecular formula is C5H6BrNOS. The van der Waals surface area contributed by atoms with Gasteiger partial charge < -0.3 is 4.74 Å². The van der Waals surface area contributed by atoms with Gasteiger partial charge in [0.15, 0.2) is 4.60 Å². The van der Waals surface area contributed by atoms with Crippen molar-refractivity contribution in [3.8, 4) is 5.06 Å². The summed E-state index contributed by atoms with van der Waals surface area (Å²) >= 11 is 4.79. The van der Waals surface area contributed by atoms with E-state index in [1.54, 1.807) is 7.11 Å². The van der Waals surface area contributed by atoms with Crippen LogP contribution in [0.3, 0.4) is 0 Å². The first-order valence-electron chi connectivity index (χ1n) is 2.41. The van der Waals surface area contributed by atoms with Gasteiger partial charge in [-0.15, -0.1) is 0 Å². The van der Waals surface area contributed by atoms with Crippen molar-refractivity contribution in [3.05, 3.63) is 9.61 Å². The number of hydrogen-bond donors (Lipinski definition) is 0. The van der Waals surface area contributed by atoms with Crippen LogP contribution in [0.1, 0.15) is 5.01 Å². The third-order valence-electron chi connectivity index (χ3n) is 0.850. The van der Waals surface area contributed by atoms with Gasteiger partial charge in [0.1, 0.15) is 0 Å². The van der Waals surface area contributed by atoms with Gasteiger partial charge in [-0.05, 0) is 22.9 Å². The van der Waals surface area contributed by atoms with E-state index in [9.17, 15) is 0 Å². The quantitative estimate of drug-likeness (QED) is 0.705. The minimum absolute atomic E-state index is 0.799. The van der Waals surface area contributed by atoms with Crippen molar-refractivity contribution < 1.29 is 4.74 Å². The van der Waals surface area contributed by atoms with Crippen molar-refractivity contribution in [3.63, 3.8) is 0 Å². The highest BCUT2D eigenvalue weighted by atomic mass is 79.9. The molecule has 4 heteroatoms. The minimum Gasteiger partial charge on any atom is -0.485 e. The Bertz CT molecular complexity index is 211. The molecule has 1 heterocycles. The highest BCUT2D eigenvalue weighted by molar-refractivity contribution is 9.10. The SMILES string of the molecule is COc1sc(C)nc1Br. The summed E-state index contributed by atoms with van der Waals surface area (Å²) in [7, 11) is 1.64. The zero-order chi connectivity index (χ0) is 6.85. The van der Waals surface area contributed by atoms with Crippen LogP contribution in [0.4, 0.5) is 0 Å². The second-order valence-corrected chi connectivity index (χ2v) is 3.43. The number of hydrogen-bond acceptors (Lipinski definition) is 3. The lowest BCUT2D eigenvalue weighted by molar-refractivity contribution is 0.423. The van der Waals surface area contributed by atoms with Crippen LogP contribution in [-0.4, -0.2) is 12.1 Å². The molecule has 0 aliphatic rings. The molecule has 2 nitrogen and oxygen atoms in total. The van der Waals surface area contributed by atoms with E-state index in [4.69, 9.17) is 4.74 Å². The zero-order valence-electron chi connectivity index (χ0n) is 5.14. The van der Waals surface area contributed by atoms with Crippen molar-refractivity contribution in [1.29, 1.82) is 0 Å². The third kappa shape index (κ3) is 1.43. The fourth-order valence-electron chi connectivity index (χ4n) is 0.509. The Morgan fingerprint density at radius 3 is 2.56 bits per heavy atom. The van der Waals surface area contributed by atoms with Crippen LogP contribution < -0.4 is 4.74 Å². The molecule has 1 aromatic rings. The molecule has 0 saturated carbocycles. The van der Waals surface area contributed by atoms with Gasteiger partial charge in [0.25, 0.3) is 0 Å². The molecule has 0 amide bonds. The van der Waals surface area contributed by atoms with E-state index in [-0.39, 0.29) is 0 Å². The number of rotatable bonds is 1. The average Bonchev–Trinajstić information content (AvgIpc) is 2.10. The Labute approximate surface area is 66.0 Å². The summed E-state index contributed by atoms with van der Waals surface area (Å²) in [5, 5.41) is 1.85. The maximum Gasteiger partial charge on any atom is 0.208 e. The Morgan fingerprint density at radius 1 is 1.67 bits per heavy atom. The molecule has 0 aliphatic carbocycles. The summed E-state index contributed by atoms with van der Waals surface area (Å²) in [6.07, 6.45) is 0. The van der Waals surface area contributed by atoms with Gasteiger partial charge in [-0.2, -0.15) is 0 Å². The predicted molar refractivity (Wildman–Crippen MR) is 41.1 cm³/mol. The second-order valence-electron chi connectivity index (χ2n) is 1.52. The van der Waals surface area contributed by atoms with Gasteiger partial charge in [-0.1, -0.05) is 11.3 Å². The predicted octanol–water partition coefficient (Wildman–Crippen LogP) is 2.22. The summed E-state index contributed by atoms with van der Waals surface area (Å²) in [6.45, 7) is 1.94. The molecule has 0 radical (unpaired) electrons. The highest BCUT2D eigenvalue weighted by Gasteiger charge is 2.03. The van der Waals surface area contributed by atoms with Crippen molar-refractivity contribution in [1.82, 2.24) is 4.98 Å². The smallest absolute Gasteiger partial charge is 0.208 e. The fraction of sp³-hybridized carbons (Fsp3) is 0.400. The molecule has 1 rings (SSSR count). The van der Waals surface area contributed by atoms with E-state index in [0.717, 1.165) is 14.7 Å². The van der Waals surface area contributed by atoms with Crippen LogP contribution in [0, 0.1) is 6.92 Å². The van der Waals surface area contributed by atoms with Crippen LogP contribution in [0.25, 0.3) is 0 Å². The van der Waals surface area contributed by atoms with Gasteiger partial charge in [0.05, 0.1) is 12.1 Å². The molecule has 0 aromatic carbocycles. The summed E-state index contributed by atoms with van der Waals surface area (Å²) < 4.78 is 5.77. The van der Waals surface area contributed by atoms with E-state index in [1.165, 1.54) is 11.3 Å². The Morgan fingerprint density at radius 2 is 2.33 bits per heavy atom. The molecule has 9 heavy (non-hydrogen) atoms. The van der Waals surface area contributed by atoms with Crippen molar-refractivity contribution in [2.24, 2.45) is 0 Å². The average molecular weight is 208 g/mol. The number of aromatic nitrogens is 1. The summed E-state index contributed by atoms with van der Waals surface area (Å²) in [5.74, 6) is 0. The first-order chi connectivity index (χ1) is 4.24. The van der Waals surface area contributed by atoms with E-state index in [2.05, 4.69) is 20.9 Å². The number of halogens is 1. The standard InChI is InChI=1S/C5H6BrNOS/c1-3-7-4(6)5(8-2)9-3/h1-2H3. The maximum absolute atomic E-state index is 4.97. The van der Waals surface area contributed by atoms with Gasteiger partial charge in [-0.25, -0.2) is 4.98 Å². The molecule has 0 bridgehead atoms. The van der Waals surface area contributed by atoms with E-state index in [0.29, 0.717) is 0 Å². The number of methoxy groups -OCH3 is 1. The topological polar surface area (TPSA) is 22.1 Å². The highest BCUT2D eigenvalue weighted by Crippen LogP contribution is 2.30. The molecule has 1 aromatic heterocycles. The molecular weight excluding hydrogens is 202 g/mol.